The number of halogens is 1. The predicted molar refractivity (Wildman–Crippen MR) is 85.5 cm³/mol. The fourth-order valence-electron chi connectivity index (χ4n) is 1.98. The molecule has 2 N–H and O–H groups in total. The molecule has 6 heteroatoms. The van der Waals surface area contributed by atoms with E-state index >= 15 is 0 Å². The van der Waals surface area contributed by atoms with Crippen LogP contribution in [-0.4, -0.2) is 27.4 Å². The molecule has 1 rings (SSSR count). The van der Waals surface area contributed by atoms with E-state index in [9.17, 15) is 4.79 Å². The van der Waals surface area contributed by atoms with Crippen LogP contribution in [0.3, 0.4) is 0 Å². The molecule has 0 saturated heterocycles. The van der Waals surface area contributed by atoms with Crippen molar-refractivity contribution in [1.82, 2.24) is 4.98 Å². The van der Waals surface area contributed by atoms with Crippen molar-refractivity contribution in [3.8, 4) is 0 Å². The van der Waals surface area contributed by atoms with Crippen LogP contribution in [0.1, 0.15) is 30.4 Å². The molecule has 0 fully saturated rings. The third-order valence-corrected chi connectivity index (χ3v) is 8.05. The molecule has 1 atom stereocenters. The number of rotatable bonds is 5. The first-order chi connectivity index (χ1) is 8.30. The van der Waals surface area contributed by atoms with Crippen molar-refractivity contribution in [2.75, 3.05) is 22.2 Å². The van der Waals surface area contributed by atoms with Crippen LogP contribution in [0.25, 0.3) is 0 Å². The second kappa shape index (κ2) is 6.18. The number of anilines is 1. The molecule has 0 aliphatic rings. The van der Waals surface area contributed by atoms with Gasteiger partial charge in [-0.3, -0.25) is 0 Å². The molecule has 104 valence electrons. The number of nitrogen functional groups attached to an aromatic ring is 1. The minimum atomic E-state index is -1.30. The molecule has 0 radical (unpaired) electrons. The number of hydrogen-bond donors (Lipinski definition) is 1. The molecule has 1 unspecified atom stereocenters. The standard InChI is InChI=1S/C12H21IN2O2S/c1-6-17-10(16)12(2,3)9(13(4)5)8-7-18-11(14)15-8/h7,9H,6H2,1-5H3,(H2,14,15). The summed E-state index contributed by atoms with van der Waals surface area (Å²) < 4.78 is 5.36. The molecule has 1 heterocycles. The molecular formula is C12H21IN2O2S. The van der Waals surface area contributed by atoms with Gasteiger partial charge in [-0.05, 0) is 0 Å². The second-order valence-corrected chi connectivity index (χ2v) is 11.5. The molecule has 18 heavy (non-hydrogen) atoms. The zero-order valence-electron chi connectivity index (χ0n) is 11.5. The summed E-state index contributed by atoms with van der Waals surface area (Å²) in [7, 11) is 0. The number of nitrogens with two attached hydrogens (primary N) is 1. The van der Waals surface area contributed by atoms with Crippen molar-refractivity contribution in [3.63, 3.8) is 0 Å². The minimum absolute atomic E-state index is 0.146. The molecule has 0 amide bonds. The van der Waals surface area contributed by atoms with Crippen LogP contribution in [0.15, 0.2) is 5.38 Å². The van der Waals surface area contributed by atoms with Gasteiger partial charge in [0.25, 0.3) is 0 Å². The monoisotopic (exact) mass is 384 g/mol. The predicted octanol–water partition coefficient (Wildman–Crippen LogP) is 3.12. The summed E-state index contributed by atoms with van der Waals surface area (Å²) in [5.74, 6) is -0.146. The van der Waals surface area contributed by atoms with Crippen LogP contribution in [0, 0.1) is 5.41 Å². The molecular weight excluding hydrogens is 363 g/mol. The van der Waals surface area contributed by atoms with Gasteiger partial charge in [0.05, 0.1) is 0 Å². The topological polar surface area (TPSA) is 65.2 Å². The van der Waals surface area contributed by atoms with Crippen LogP contribution < -0.4 is 5.73 Å². The van der Waals surface area contributed by atoms with Gasteiger partial charge in [0.15, 0.2) is 0 Å². The Kier molecular flexibility index (Phi) is 5.39. The molecule has 0 aromatic carbocycles. The van der Waals surface area contributed by atoms with E-state index in [0.29, 0.717) is 11.7 Å². The molecule has 1 aromatic heterocycles. The second-order valence-electron chi connectivity index (χ2n) is 4.73. The number of esters is 1. The third kappa shape index (κ3) is 3.34. The maximum atomic E-state index is 12.1. The van der Waals surface area contributed by atoms with Gasteiger partial charge in [-0.1, -0.05) is 0 Å². The average molecular weight is 384 g/mol. The van der Waals surface area contributed by atoms with E-state index in [-0.39, 0.29) is 9.89 Å². The van der Waals surface area contributed by atoms with E-state index in [1.165, 1.54) is 11.3 Å². The molecule has 0 aliphatic heterocycles. The number of alkyl halides is 3. The molecule has 0 bridgehead atoms. The first-order valence-corrected chi connectivity index (χ1v) is 12.1. The fraction of sp³-hybridized carbons (Fsp3) is 0.667. The average Bonchev–Trinajstić information content (AvgIpc) is 2.64. The quantitative estimate of drug-likeness (QED) is 0.481. The molecule has 0 aliphatic carbocycles. The Bertz CT molecular complexity index is 418. The normalized spacial score (nSPS) is 14.2. The van der Waals surface area contributed by atoms with Crippen LogP contribution in [0.2, 0.25) is 0 Å². The van der Waals surface area contributed by atoms with E-state index in [1.807, 2.05) is 26.2 Å². The Hall–Kier alpha value is -0.370. The van der Waals surface area contributed by atoms with Gasteiger partial charge < -0.3 is 0 Å². The van der Waals surface area contributed by atoms with Gasteiger partial charge in [0.1, 0.15) is 0 Å². The fourth-order valence-corrected chi connectivity index (χ4v) is 7.77. The maximum absolute atomic E-state index is 12.1. The SMILES string of the molecule is CCOC(=O)C(C)(C)C(c1csc(N)n1)I(C)C. The zero-order chi connectivity index (χ0) is 13.9. The number of carbonyl (C=O) groups is 1. The number of aromatic nitrogens is 1. The first kappa shape index (κ1) is 15.7. The summed E-state index contributed by atoms with van der Waals surface area (Å²) in [6, 6.07) is 0. The van der Waals surface area contributed by atoms with Crippen molar-refractivity contribution in [2.45, 2.75) is 24.7 Å². The number of ether oxygens (including phenoxy) is 1. The third-order valence-electron chi connectivity index (χ3n) is 2.67. The summed E-state index contributed by atoms with van der Waals surface area (Å²) in [6.45, 7) is 6.14. The Morgan fingerprint density at radius 3 is 2.61 bits per heavy atom. The number of nitrogens with zero attached hydrogens (tertiary/aromatic N) is 1. The molecule has 1 aromatic rings. The molecule has 4 nitrogen and oxygen atoms in total. The van der Waals surface area contributed by atoms with E-state index in [2.05, 4.69) is 14.8 Å². The van der Waals surface area contributed by atoms with E-state index in [0.717, 1.165) is 5.69 Å². The first-order valence-electron chi connectivity index (χ1n) is 5.67. The summed E-state index contributed by atoms with van der Waals surface area (Å²) in [5, 5.41) is 2.53. The van der Waals surface area contributed by atoms with E-state index in [4.69, 9.17) is 10.5 Å². The van der Waals surface area contributed by atoms with Crippen molar-refractivity contribution >= 4 is 42.3 Å². The Morgan fingerprint density at radius 2 is 2.22 bits per heavy atom. The van der Waals surface area contributed by atoms with Crippen molar-refractivity contribution in [3.05, 3.63) is 11.1 Å². The Balaban J connectivity index is 3.08. The molecule has 0 saturated carbocycles. The van der Waals surface area contributed by atoms with Gasteiger partial charge in [0, 0.05) is 0 Å². The van der Waals surface area contributed by atoms with E-state index in [1.54, 1.807) is 0 Å². The van der Waals surface area contributed by atoms with Crippen molar-refractivity contribution < 1.29 is 9.53 Å². The zero-order valence-corrected chi connectivity index (χ0v) is 14.5. The molecule has 0 spiro atoms. The summed E-state index contributed by atoms with van der Waals surface area (Å²) in [5.41, 5.74) is 6.12. The summed E-state index contributed by atoms with van der Waals surface area (Å²) in [4.78, 5) is 21.0. The number of thiazole rings is 1. The van der Waals surface area contributed by atoms with Crippen LogP contribution >= 0.6 is 31.2 Å². The Labute approximate surface area is 120 Å². The summed E-state index contributed by atoms with van der Waals surface area (Å²) >= 11 is 0.135. The van der Waals surface area contributed by atoms with Crippen LogP contribution in [0.4, 0.5) is 5.13 Å². The number of carbonyl (C=O) groups excluding carboxylic acids is 1. The van der Waals surface area contributed by atoms with Gasteiger partial charge in [-0.2, -0.15) is 0 Å². The van der Waals surface area contributed by atoms with E-state index < -0.39 is 25.2 Å². The number of hydrogen-bond acceptors (Lipinski definition) is 5. The van der Waals surface area contributed by atoms with Crippen LogP contribution in [-0.2, 0) is 9.53 Å². The van der Waals surface area contributed by atoms with Gasteiger partial charge in [0.2, 0.25) is 0 Å². The van der Waals surface area contributed by atoms with Gasteiger partial charge >= 0.3 is 120 Å². The van der Waals surface area contributed by atoms with Gasteiger partial charge in [-0.25, -0.2) is 0 Å². The van der Waals surface area contributed by atoms with Crippen molar-refractivity contribution in [1.29, 1.82) is 0 Å². The van der Waals surface area contributed by atoms with Crippen molar-refractivity contribution in [2.24, 2.45) is 5.41 Å². The Morgan fingerprint density at radius 1 is 1.61 bits per heavy atom. The van der Waals surface area contributed by atoms with Gasteiger partial charge in [-0.15, -0.1) is 0 Å². The summed E-state index contributed by atoms with van der Waals surface area (Å²) in [6.07, 6.45) is 0. The van der Waals surface area contributed by atoms with Crippen LogP contribution in [0.5, 0.6) is 0 Å².